The zero-order valence-corrected chi connectivity index (χ0v) is 10.2. The van der Waals surface area contributed by atoms with E-state index in [0.29, 0.717) is 19.4 Å². The molecule has 2 rings (SSSR count). The molecule has 100 valence electrons. The Morgan fingerprint density at radius 3 is 2.76 bits per heavy atom. The first-order valence-corrected chi connectivity index (χ1v) is 6.70. The van der Waals surface area contributed by atoms with Crippen LogP contribution in [-0.2, 0) is 4.74 Å². The van der Waals surface area contributed by atoms with Crippen LogP contribution >= 0.6 is 0 Å². The molecule has 2 nitrogen and oxygen atoms in total. The number of aliphatic hydroxyl groups is 1. The van der Waals surface area contributed by atoms with Crippen molar-refractivity contribution >= 4 is 0 Å². The highest BCUT2D eigenvalue weighted by atomic mass is 19.3. The second-order valence-electron chi connectivity index (χ2n) is 5.60. The maximum absolute atomic E-state index is 13.2. The number of hydrogen-bond acceptors (Lipinski definition) is 2. The quantitative estimate of drug-likeness (QED) is 0.832. The van der Waals surface area contributed by atoms with E-state index in [9.17, 15) is 13.9 Å². The third-order valence-electron chi connectivity index (χ3n) is 4.06. The molecule has 0 bridgehead atoms. The largest absolute Gasteiger partial charge is 0.393 e. The molecule has 1 aliphatic heterocycles. The van der Waals surface area contributed by atoms with Gasteiger partial charge in [0.1, 0.15) is 0 Å². The Balaban J connectivity index is 1.79. The molecule has 0 radical (unpaired) electrons. The van der Waals surface area contributed by atoms with Crippen LogP contribution < -0.4 is 0 Å². The number of aliphatic hydroxyl groups excluding tert-OH is 1. The first-order valence-electron chi connectivity index (χ1n) is 6.70. The molecule has 3 atom stereocenters. The second kappa shape index (κ2) is 5.61. The van der Waals surface area contributed by atoms with E-state index in [-0.39, 0.29) is 24.7 Å². The molecular formula is C13H22F2O2. The van der Waals surface area contributed by atoms with Gasteiger partial charge < -0.3 is 9.84 Å². The van der Waals surface area contributed by atoms with Gasteiger partial charge in [-0.2, -0.15) is 0 Å². The van der Waals surface area contributed by atoms with Gasteiger partial charge in [0.15, 0.2) is 0 Å². The first kappa shape index (κ1) is 13.2. The lowest BCUT2D eigenvalue weighted by molar-refractivity contribution is -0.0684. The molecule has 1 saturated heterocycles. The lowest BCUT2D eigenvalue weighted by Crippen LogP contribution is -2.33. The zero-order chi connectivity index (χ0) is 12.3. The molecule has 1 heterocycles. The summed E-state index contributed by atoms with van der Waals surface area (Å²) in [6.07, 6.45) is 3.39. The molecule has 2 aliphatic rings. The van der Waals surface area contributed by atoms with Crippen LogP contribution in [0.2, 0.25) is 0 Å². The molecule has 1 N–H and O–H groups in total. The maximum atomic E-state index is 13.2. The highest BCUT2D eigenvalue weighted by Crippen LogP contribution is 2.39. The normalized spacial score (nSPS) is 35.5. The van der Waals surface area contributed by atoms with Crippen LogP contribution in [0.3, 0.4) is 0 Å². The van der Waals surface area contributed by atoms with Gasteiger partial charge in [0.05, 0.1) is 12.7 Å². The summed E-state index contributed by atoms with van der Waals surface area (Å²) < 4.78 is 31.8. The Kier molecular flexibility index (Phi) is 4.36. The van der Waals surface area contributed by atoms with Crippen LogP contribution in [0.5, 0.6) is 0 Å². The van der Waals surface area contributed by atoms with Crippen molar-refractivity contribution in [1.82, 2.24) is 0 Å². The molecule has 0 aromatic carbocycles. The number of ether oxygens (including phenoxy) is 1. The van der Waals surface area contributed by atoms with E-state index in [4.69, 9.17) is 4.74 Å². The van der Waals surface area contributed by atoms with Gasteiger partial charge in [0.25, 0.3) is 0 Å². The number of alkyl halides is 2. The van der Waals surface area contributed by atoms with Gasteiger partial charge in [-0.1, -0.05) is 0 Å². The molecule has 17 heavy (non-hydrogen) atoms. The number of hydrogen-bond donors (Lipinski definition) is 1. The molecular weight excluding hydrogens is 226 g/mol. The Morgan fingerprint density at radius 1 is 1.29 bits per heavy atom. The number of rotatable bonds is 3. The summed E-state index contributed by atoms with van der Waals surface area (Å²) in [4.78, 5) is 0. The van der Waals surface area contributed by atoms with Gasteiger partial charge in [-0.25, -0.2) is 8.78 Å². The minimum absolute atomic E-state index is 0.0179. The van der Waals surface area contributed by atoms with Crippen molar-refractivity contribution in [3.8, 4) is 0 Å². The lowest BCUT2D eigenvalue weighted by atomic mass is 9.80. The van der Waals surface area contributed by atoms with Crippen LogP contribution in [0.15, 0.2) is 0 Å². The van der Waals surface area contributed by atoms with Crippen molar-refractivity contribution < 1.29 is 18.6 Å². The van der Waals surface area contributed by atoms with Crippen LogP contribution in [0, 0.1) is 11.8 Å². The van der Waals surface area contributed by atoms with Crippen LogP contribution in [0.1, 0.15) is 44.9 Å². The van der Waals surface area contributed by atoms with E-state index >= 15 is 0 Å². The first-order chi connectivity index (χ1) is 8.07. The standard InChI is InChI=1S/C13H22F2O2/c14-13(15)5-1-3-10(8-13)7-12(16)11-4-2-6-17-9-11/h10-12,16H,1-9H2. The average Bonchev–Trinajstić information content (AvgIpc) is 2.29. The van der Waals surface area contributed by atoms with Gasteiger partial charge in [0, 0.05) is 25.4 Å². The van der Waals surface area contributed by atoms with Crippen LogP contribution in [0.4, 0.5) is 8.78 Å². The SMILES string of the molecule is OC(CC1CCCC(F)(F)C1)C1CCCOC1. The molecule has 0 amide bonds. The molecule has 0 spiro atoms. The minimum Gasteiger partial charge on any atom is -0.393 e. The van der Waals surface area contributed by atoms with Crippen LogP contribution in [0.25, 0.3) is 0 Å². The van der Waals surface area contributed by atoms with E-state index in [0.717, 1.165) is 25.9 Å². The fourth-order valence-corrected chi connectivity index (χ4v) is 3.08. The highest BCUT2D eigenvalue weighted by molar-refractivity contribution is 4.82. The van der Waals surface area contributed by atoms with Crippen LogP contribution in [-0.4, -0.2) is 30.3 Å². The van der Waals surface area contributed by atoms with Gasteiger partial charge in [-0.15, -0.1) is 0 Å². The van der Waals surface area contributed by atoms with Gasteiger partial charge >= 0.3 is 0 Å². The summed E-state index contributed by atoms with van der Waals surface area (Å²) in [7, 11) is 0. The van der Waals surface area contributed by atoms with Crippen molar-refractivity contribution in [2.45, 2.75) is 57.0 Å². The Labute approximate surface area is 101 Å². The van der Waals surface area contributed by atoms with Crippen molar-refractivity contribution in [1.29, 1.82) is 0 Å². The summed E-state index contributed by atoms with van der Waals surface area (Å²) in [5.74, 6) is -2.37. The van der Waals surface area contributed by atoms with E-state index in [1.165, 1.54) is 0 Å². The summed E-state index contributed by atoms with van der Waals surface area (Å²) in [5.41, 5.74) is 0. The Hall–Kier alpha value is -0.220. The topological polar surface area (TPSA) is 29.5 Å². The molecule has 2 fully saturated rings. The van der Waals surface area contributed by atoms with Crippen molar-refractivity contribution in [2.75, 3.05) is 13.2 Å². The van der Waals surface area contributed by atoms with Gasteiger partial charge in [-0.3, -0.25) is 0 Å². The molecule has 1 saturated carbocycles. The Morgan fingerprint density at radius 2 is 2.12 bits per heavy atom. The zero-order valence-electron chi connectivity index (χ0n) is 10.2. The third-order valence-corrected chi connectivity index (χ3v) is 4.06. The van der Waals surface area contributed by atoms with Crippen molar-refractivity contribution in [3.05, 3.63) is 0 Å². The fourth-order valence-electron chi connectivity index (χ4n) is 3.08. The number of halogens is 2. The predicted octanol–water partition coefficient (Wildman–Crippen LogP) is 2.99. The molecule has 1 aliphatic carbocycles. The van der Waals surface area contributed by atoms with Gasteiger partial charge in [-0.05, 0) is 38.0 Å². The third kappa shape index (κ3) is 3.88. The monoisotopic (exact) mass is 248 g/mol. The lowest BCUT2D eigenvalue weighted by Gasteiger charge is -2.33. The summed E-state index contributed by atoms with van der Waals surface area (Å²) in [6.45, 7) is 1.36. The summed E-state index contributed by atoms with van der Waals surface area (Å²) >= 11 is 0. The molecule has 0 aromatic rings. The minimum atomic E-state index is -2.51. The van der Waals surface area contributed by atoms with Crippen molar-refractivity contribution in [2.24, 2.45) is 11.8 Å². The van der Waals surface area contributed by atoms with Gasteiger partial charge in [0.2, 0.25) is 5.92 Å². The molecule has 3 unspecified atom stereocenters. The fraction of sp³-hybridized carbons (Fsp3) is 1.00. The predicted molar refractivity (Wildman–Crippen MR) is 61.1 cm³/mol. The van der Waals surface area contributed by atoms with E-state index in [2.05, 4.69) is 0 Å². The summed E-state index contributed by atoms with van der Waals surface area (Å²) in [5, 5.41) is 10.1. The van der Waals surface area contributed by atoms with Crippen molar-refractivity contribution in [3.63, 3.8) is 0 Å². The van der Waals surface area contributed by atoms with E-state index in [1.54, 1.807) is 0 Å². The highest BCUT2D eigenvalue weighted by Gasteiger charge is 2.37. The molecule has 0 aromatic heterocycles. The molecule has 4 heteroatoms. The average molecular weight is 248 g/mol. The maximum Gasteiger partial charge on any atom is 0.248 e. The summed E-state index contributed by atoms with van der Waals surface area (Å²) in [6, 6.07) is 0. The second-order valence-corrected chi connectivity index (χ2v) is 5.60. The Bertz CT molecular complexity index is 240. The smallest absolute Gasteiger partial charge is 0.248 e. The van der Waals surface area contributed by atoms with E-state index in [1.807, 2.05) is 0 Å². The van der Waals surface area contributed by atoms with E-state index < -0.39 is 12.0 Å².